The summed E-state index contributed by atoms with van der Waals surface area (Å²) < 4.78 is 25.7. The van der Waals surface area contributed by atoms with Gasteiger partial charge in [0, 0.05) is 30.6 Å². The minimum atomic E-state index is -1.08. The number of halogens is 2. The number of aromatic hydroxyl groups is 1. The summed E-state index contributed by atoms with van der Waals surface area (Å²) in [6.45, 7) is 0.104. The molecule has 6 heteroatoms. The Labute approximate surface area is 96.0 Å². The largest absolute Gasteiger partial charge is 0.507 e. The van der Waals surface area contributed by atoms with Crippen LogP contribution in [0.3, 0.4) is 0 Å². The second-order valence-electron chi connectivity index (χ2n) is 3.32. The molecule has 1 aromatic heterocycles. The van der Waals surface area contributed by atoms with E-state index in [0.717, 1.165) is 12.1 Å². The number of hydrogen-bond donors (Lipinski definition) is 2. The van der Waals surface area contributed by atoms with Crippen molar-refractivity contribution in [3.63, 3.8) is 0 Å². The van der Waals surface area contributed by atoms with Crippen molar-refractivity contribution in [2.24, 2.45) is 0 Å². The third-order valence-electron chi connectivity index (χ3n) is 2.12. The highest BCUT2D eigenvalue weighted by molar-refractivity contribution is 5.36. The monoisotopic (exact) mass is 237 g/mol. The van der Waals surface area contributed by atoms with E-state index in [4.69, 9.17) is 0 Å². The van der Waals surface area contributed by atoms with E-state index in [1.54, 1.807) is 18.5 Å². The highest BCUT2D eigenvalue weighted by Crippen LogP contribution is 2.21. The molecule has 0 unspecified atom stereocenters. The maximum atomic E-state index is 12.9. The predicted octanol–water partition coefficient (Wildman–Crippen LogP) is 2.07. The Morgan fingerprint density at radius 2 is 1.76 bits per heavy atom. The Kier molecular flexibility index (Phi) is 3.13. The van der Waals surface area contributed by atoms with Gasteiger partial charge in [-0.2, -0.15) is 0 Å². The van der Waals surface area contributed by atoms with Crippen LogP contribution in [0.15, 0.2) is 30.6 Å². The molecular formula is C11H9F2N3O. The predicted molar refractivity (Wildman–Crippen MR) is 57.4 cm³/mol. The molecule has 0 aliphatic heterocycles. The molecule has 0 amide bonds. The topological polar surface area (TPSA) is 58.0 Å². The molecule has 88 valence electrons. The van der Waals surface area contributed by atoms with E-state index >= 15 is 0 Å². The van der Waals surface area contributed by atoms with Gasteiger partial charge >= 0.3 is 0 Å². The van der Waals surface area contributed by atoms with Gasteiger partial charge in [-0.1, -0.05) is 0 Å². The first-order valence-corrected chi connectivity index (χ1v) is 4.84. The quantitative estimate of drug-likeness (QED) is 0.858. The van der Waals surface area contributed by atoms with Crippen molar-refractivity contribution in [3.8, 4) is 5.75 Å². The molecule has 0 aliphatic rings. The Morgan fingerprint density at radius 1 is 1.12 bits per heavy atom. The smallest absolute Gasteiger partial charge is 0.222 e. The van der Waals surface area contributed by atoms with Gasteiger partial charge < -0.3 is 10.4 Å². The fourth-order valence-electron chi connectivity index (χ4n) is 1.28. The van der Waals surface area contributed by atoms with Crippen LogP contribution in [0.4, 0.5) is 14.7 Å². The number of benzene rings is 1. The average Bonchev–Trinajstić information content (AvgIpc) is 2.33. The number of phenolic OH excluding ortho intramolecular Hbond substituents is 1. The molecule has 0 atom stereocenters. The molecule has 1 aromatic carbocycles. The summed E-state index contributed by atoms with van der Waals surface area (Å²) in [6, 6.07) is 3.32. The lowest BCUT2D eigenvalue weighted by Gasteiger charge is -2.07. The molecule has 2 rings (SSSR count). The van der Waals surface area contributed by atoms with Gasteiger partial charge in [-0.05, 0) is 12.1 Å². The van der Waals surface area contributed by atoms with E-state index in [9.17, 15) is 13.9 Å². The van der Waals surface area contributed by atoms with E-state index in [0.29, 0.717) is 5.95 Å². The standard InChI is InChI=1S/C11H9F2N3O/c12-8-4-7(10(17)5-9(8)13)6-16-11-14-2-1-3-15-11/h1-5,17H,6H2,(H,14,15,16). The summed E-state index contributed by atoms with van der Waals surface area (Å²) in [5, 5.41) is 12.2. The van der Waals surface area contributed by atoms with Crippen LogP contribution in [-0.4, -0.2) is 15.1 Å². The second kappa shape index (κ2) is 4.73. The molecular weight excluding hydrogens is 228 g/mol. The molecule has 0 saturated heterocycles. The second-order valence-corrected chi connectivity index (χ2v) is 3.32. The Morgan fingerprint density at radius 3 is 2.47 bits per heavy atom. The fraction of sp³-hybridized carbons (Fsp3) is 0.0909. The number of nitrogens with zero attached hydrogens (tertiary/aromatic N) is 2. The van der Waals surface area contributed by atoms with Crippen molar-refractivity contribution < 1.29 is 13.9 Å². The summed E-state index contributed by atoms with van der Waals surface area (Å²) >= 11 is 0. The van der Waals surface area contributed by atoms with Crippen LogP contribution in [0, 0.1) is 11.6 Å². The van der Waals surface area contributed by atoms with Gasteiger partial charge in [-0.3, -0.25) is 0 Å². The van der Waals surface area contributed by atoms with E-state index in [-0.39, 0.29) is 17.9 Å². The van der Waals surface area contributed by atoms with Gasteiger partial charge in [0.1, 0.15) is 5.75 Å². The molecule has 0 aliphatic carbocycles. The zero-order valence-electron chi connectivity index (χ0n) is 8.69. The van der Waals surface area contributed by atoms with Gasteiger partial charge in [0.15, 0.2) is 11.6 Å². The number of nitrogens with one attached hydrogen (secondary N) is 1. The summed E-state index contributed by atoms with van der Waals surface area (Å²) in [6.07, 6.45) is 3.08. The lowest BCUT2D eigenvalue weighted by Crippen LogP contribution is -2.04. The van der Waals surface area contributed by atoms with Crippen molar-refractivity contribution >= 4 is 5.95 Å². The van der Waals surface area contributed by atoms with Crippen LogP contribution in [0.25, 0.3) is 0 Å². The van der Waals surface area contributed by atoms with E-state index in [2.05, 4.69) is 15.3 Å². The minimum absolute atomic E-state index is 0.104. The van der Waals surface area contributed by atoms with Crippen LogP contribution in [-0.2, 0) is 6.54 Å². The average molecular weight is 237 g/mol. The van der Waals surface area contributed by atoms with Crippen LogP contribution in [0.5, 0.6) is 5.75 Å². The lowest BCUT2D eigenvalue weighted by atomic mass is 10.2. The van der Waals surface area contributed by atoms with Crippen molar-refractivity contribution in [1.29, 1.82) is 0 Å². The molecule has 2 N–H and O–H groups in total. The molecule has 2 aromatic rings. The van der Waals surface area contributed by atoms with Gasteiger partial charge in [0.2, 0.25) is 5.95 Å². The van der Waals surface area contributed by atoms with Crippen molar-refractivity contribution in [2.75, 3.05) is 5.32 Å². The molecule has 0 fully saturated rings. The summed E-state index contributed by atoms with van der Waals surface area (Å²) in [5.41, 5.74) is 0.233. The summed E-state index contributed by atoms with van der Waals surface area (Å²) in [5.74, 6) is -2.06. The highest BCUT2D eigenvalue weighted by Gasteiger charge is 2.09. The molecule has 1 heterocycles. The number of phenols is 1. The SMILES string of the molecule is Oc1cc(F)c(F)cc1CNc1ncccn1. The van der Waals surface area contributed by atoms with Gasteiger partial charge in [-0.15, -0.1) is 0 Å². The van der Waals surface area contributed by atoms with Crippen molar-refractivity contribution in [2.45, 2.75) is 6.54 Å². The minimum Gasteiger partial charge on any atom is -0.507 e. The van der Waals surface area contributed by atoms with Crippen LogP contribution >= 0.6 is 0 Å². The first-order chi connectivity index (χ1) is 8.16. The maximum absolute atomic E-state index is 12.9. The Hall–Kier alpha value is -2.24. The molecule has 0 radical (unpaired) electrons. The molecule has 17 heavy (non-hydrogen) atoms. The van der Waals surface area contributed by atoms with E-state index in [1.165, 1.54) is 0 Å². The molecule has 0 saturated carbocycles. The number of aromatic nitrogens is 2. The zero-order chi connectivity index (χ0) is 12.3. The maximum Gasteiger partial charge on any atom is 0.222 e. The van der Waals surface area contributed by atoms with Gasteiger partial charge in [-0.25, -0.2) is 18.7 Å². The first kappa shape index (κ1) is 11.3. The number of rotatable bonds is 3. The van der Waals surface area contributed by atoms with Gasteiger partial charge in [0.05, 0.1) is 0 Å². The summed E-state index contributed by atoms with van der Waals surface area (Å²) in [7, 11) is 0. The van der Waals surface area contributed by atoms with Crippen LogP contribution < -0.4 is 5.32 Å². The van der Waals surface area contributed by atoms with Gasteiger partial charge in [0.25, 0.3) is 0 Å². The third-order valence-corrected chi connectivity index (χ3v) is 2.12. The Balaban J connectivity index is 2.12. The normalized spacial score (nSPS) is 10.2. The van der Waals surface area contributed by atoms with Crippen LogP contribution in [0.1, 0.15) is 5.56 Å². The molecule has 4 nitrogen and oxygen atoms in total. The van der Waals surface area contributed by atoms with E-state index < -0.39 is 11.6 Å². The first-order valence-electron chi connectivity index (χ1n) is 4.84. The van der Waals surface area contributed by atoms with Crippen molar-refractivity contribution in [1.82, 2.24) is 9.97 Å². The third kappa shape index (κ3) is 2.66. The molecule has 0 spiro atoms. The lowest BCUT2D eigenvalue weighted by molar-refractivity contribution is 0.448. The van der Waals surface area contributed by atoms with Crippen LogP contribution in [0.2, 0.25) is 0 Å². The fourth-order valence-corrected chi connectivity index (χ4v) is 1.28. The summed E-state index contributed by atoms with van der Waals surface area (Å²) in [4.78, 5) is 7.78. The Bertz CT molecular complexity index is 520. The highest BCUT2D eigenvalue weighted by atomic mass is 19.2. The van der Waals surface area contributed by atoms with Crippen molar-refractivity contribution in [3.05, 3.63) is 47.8 Å². The molecule has 0 bridgehead atoms. The van der Waals surface area contributed by atoms with E-state index in [1.807, 2.05) is 0 Å². The number of anilines is 1. The zero-order valence-corrected chi connectivity index (χ0v) is 8.69. The number of hydrogen-bond acceptors (Lipinski definition) is 4.